The van der Waals surface area contributed by atoms with E-state index in [9.17, 15) is 13.2 Å². The molecule has 0 radical (unpaired) electrons. The summed E-state index contributed by atoms with van der Waals surface area (Å²) in [6, 6.07) is 3.63. The highest BCUT2D eigenvalue weighted by Gasteiger charge is 2.62. The summed E-state index contributed by atoms with van der Waals surface area (Å²) in [4.78, 5) is 4.56. The highest BCUT2D eigenvalue weighted by Crippen LogP contribution is 2.61. The fourth-order valence-corrected chi connectivity index (χ4v) is 5.83. The van der Waals surface area contributed by atoms with E-state index in [4.69, 9.17) is 0 Å². The smallest absolute Gasteiger partial charge is 0.299 e. The Morgan fingerprint density at radius 3 is 2.24 bits per heavy atom. The molecular formula is C28H37F4NS. The molecule has 3 rings (SSSR count). The van der Waals surface area contributed by atoms with Crippen LogP contribution in [-0.4, -0.2) is 18.0 Å². The first-order valence-electron chi connectivity index (χ1n) is 12.3. The zero-order valence-corrected chi connectivity index (χ0v) is 21.6. The Labute approximate surface area is 206 Å². The fourth-order valence-electron chi connectivity index (χ4n) is 4.82. The summed E-state index contributed by atoms with van der Waals surface area (Å²) in [6.45, 7) is 18.2. The van der Waals surface area contributed by atoms with Gasteiger partial charge in [-0.15, -0.1) is 0 Å². The first-order valence-corrected chi connectivity index (χ1v) is 13.1. The second-order valence-electron chi connectivity index (χ2n) is 9.81. The first kappa shape index (κ1) is 27.1. The lowest BCUT2D eigenvalue weighted by Crippen LogP contribution is -2.33. The summed E-state index contributed by atoms with van der Waals surface area (Å²) in [5.74, 6) is -0.119. The van der Waals surface area contributed by atoms with E-state index in [1.54, 1.807) is 25.6 Å². The van der Waals surface area contributed by atoms with Crippen LogP contribution < -0.4 is 0 Å². The van der Waals surface area contributed by atoms with E-state index in [1.165, 1.54) is 11.0 Å². The Morgan fingerprint density at radius 1 is 1.12 bits per heavy atom. The molecule has 1 aliphatic carbocycles. The van der Waals surface area contributed by atoms with Gasteiger partial charge in [0.1, 0.15) is 5.67 Å². The molecule has 1 aliphatic heterocycles. The van der Waals surface area contributed by atoms with Crippen molar-refractivity contribution < 1.29 is 17.6 Å². The maximum atomic E-state index is 15.6. The molecule has 0 bridgehead atoms. The zero-order chi connectivity index (χ0) is 25.3. The van der Waals surface area contributed by atoms with Gasteiger partial charge in [-0.3, -0.25) is 4.90 Å². The van der Waals surface area contributed by atoms with Crippen LogP contribution in [0.25, 0.3) is 0 Å². The van der Waals surface area contributed by atoms with E-state index in [0.717, 1.165) is 61.4 Å². The summed E-state index contributed by atoms with van der Waals surface area (Å²) >= 11 is 1.71. The van der Waals surface area contributed by atoms with E-state index < -0.39 is 17.4 Å². The van der Waals surface area contributed by atoms with Crippen LogP contribution in [0.1, 0.15) is 70.1 Å². The largest absolute Gasteiger partial charge is 0.416 e. The predicted molar refractivity (Wildman–Crippen MR) is 135 cm³/mol. The number of likely N-dealkylation sites (tertiary alicyclic amines) is 1. The number of thioether (sulfide) groups is 1. The van der Waals surface area contributed by atoms with E-state index in [1.807, 2.05) is 0 Å². The normalized spacial score (nSPS) is 26.5. The first-order chi connectivity index (χ1) is 15.9. The van der Waals surface area contributed by atoms with Crippen LogP contribution in [0.3, 0.4) is 0 Å². The van der Waals surface area contributed by atoms with Crippen LogP contribution in [0.15, 0.2) is 52.8 Å². The molecular weight excluding hydrogens is 458 g/mol. The number of allylic oxidation sites excluding steroid dienone is 3. The Kier molecular flexibility index (Phi) is 8.45. The molecule has 2 fully saturated rings. The summed E-state index contributed by atoms with van der Waals surface area (Å²) in [5, 5.41) is 0. The predicted octanol–water partition coefficient (Wildman–Crippen LogP) is 8.88. The molecule has 2 atom stereocenters. The SMILES string of the molecule is C=C(CC)S/C(=C\C1CCN(Cc2ccc(C(F)(F)F)cc2C2(F)C(C)C2C)CC1)C(=C)CC. The Hall–Kier alpha value is -1.53. The molecule has 1 aromatic rings. The average Bonchev–Trinajstić information content (AvgIpc) is 3.30. The summed E-state index contributed by atoms with van der Waals surface area (Å²) in [5.41, 5.74) is -0.423. The number of nitrogens with zero attached hydrogens (tertiary/aromatic N) is 1. The molecule has 6 heteroatoms. The number of alkyl halides is 4. The van der Waals surface area contributed by atoms with Crippen LogP contribution in [0.4, 0.5) is 17.6 Å². The molecule has 1 heterocycles. The third kappa shape index (κ3) is 5.81. The van der Waals surface area contributed by atoms with Crippen molar-refractivity contribution >= 4 is 11.8 Å². The molecule has 1 aromatic carbocycles. The van der Waals surface area contributed by atoms with Crippen LogP contribution >= 0.6 is 11.8 Å². The van der Waals surface area contributed by atoms with Gasteiger partial charge >= 0.3 is 6.18 Å². The van der Waals surface area contributed by atoms with Crippen molar-refractivity contribution in [3.8, 4) is 0 Å². The van der Waals surface area contributed by atoms with Gasteiger partial charge in [-0.25, -0.2) is 4.39 Å². The topological polar surface area (TPSA) is 3.24 Å². The van der Waals surface area contributed by atoms with Gasteiger partial charge in [0.05, 0.1) is 5.56 Å². The van der Waals surface area contributed by atoms with E-state index in [-0.39, 0.29) is 17.4 Å². The van der Waals surface area contributed by atoms with Gasteiger partial charge in [-0.1, -0.05) is 64.8 Å². The van der Waals surface area contributed by atoms with Gasteiger partial charge in [0.25, 0.3) is 0 Å². The zero-order valence-electron chi connectivity index (χ0n) is 20.8. The van der Waals surface area contributed by atoms with Gasteiger partial charge in [-0.05, 0) is 78.4 Å². The Balaban J connectivity index is 1.73. The summed E-state index contributed by atoms with van der Waals surface area (Å²) < 4.78 is 55.7. The lowest BCUT2D eigenvalue weighted by Gasteiger charge is -2.32. The maximum absolute atomic E-state index is 15.6. The van der Waals surface area contributed by atoms with Gasteiger partial charge in [0, 0.05) is 23.3 Å². The highest BCUT2D eigenvalue weighted by molar-refractivity contribution is 8.06. The van der Waals surface area contributed by atoms with Crippen molar-refractivity contribution in [2.45, 2.75) is 71.8 Å². The van der Waals surface area contributed by atoms with Crippen molar-refractivity contribution in [1.29, 1.82) is 0 Å². The Morgan fingerprint density at radius 2 is 1.74 bits per heavy atom. The molecule has 188 valence electrons. The molecule has 1 saturated carbocycles. The third-order valence-corrected chi connectivity index (χ3v) is 8.88. The fraction of sp³-hybridized carbons (Fsp3) is 0.571. The van der Waals surface area contributed by atoms with Gasteiger partial charge in [0.15, 0.2) is 0 Å². The van der Waals surface area contributed by atoms with Crippen LogP contribution in [0, 0.1) is 17.8 Å². The molecule has 0 spiro atoms. The molecule has 2 aliphatic rings. The lowest BCUT2D eigenvalue weighted by molar-refractivity contribution is -0.137. The quantitative estimate of drug-likeness (QED) is 0.249. The van der Waals surface area contributed by atoms with Crippen LogP contribution in [0.5, 0.6) is 0 Å². The van der Waals surface area contributed by atoms with E-state index in [2.05, 4.69) is 38.0 Å². The maximum Gasteiger partial charge on any atom is 0.416 e. The number of hydrogen-bond donors (Lipinski definition) is 0. The highest BCUT2D eigenvalue weighted by atomic mass is 32.2. The van der Waals surface area contributed by atoms with Crippen molar-refractivity contribution in [1.82, 2.24) is 4.90 Å². The minimum absolute atomic E-state index is 0.223. The molecule has 1 saturated heterocycles. The molecule has 0 amide bonds. The molecule has 0 aromatic heterocycles. The Bertz CT molecular complexity index is 932. The number of piperidine rings is 1. The van der Waals surface area contributed by atoms with Crippen LogP contribution in [-0.2, 0) is 18.4 Å². The van der Waals surface area contributed by atoms with E-state index in [0.29, 0.717) is 18.0 Å². The molecule has 2 unspecified atom stereocenters. The standard InChI is InChI=1S/C28H37F4NS/c1-7-18(3)26(34-19(4)8-2)15-22-11-13-33(14-12-22)17-23-9-10-24(28(30,31)32)16-25(23)27(29)20(5)21(27)6/h9-10,15-16,20-22H,3-4,7-8,11-14,17H2,1-2,5-6H3/b26-15-. The number of halogens is 4. The second kappa shape index (κ2) is 10.6. The van der Waals surface area contributed by atoms with Gasteiger partial charge in [-0.2, -0.15) is 13.2 Å². The average molecular weight is 496 g/mol. The molecule has 34 heavy (non-hydrogen) atoms. The van der Waals surface area contributed by atoms with Crippen molar-refractivity contribution in [2.75, 3.05) is 13.1 Å². The van der Waals surface area contributed by atoms with Gasteiger partial charge in [0.2, 0.25) is 0 Å². The number of rotatable bonds is 9. The van der Waals surface area contributed by atoms with Crippen molar-refractivity contribution in [2.24, 2.45) is 17.8 Å². The minimum atomic E-state index is -4.48. The number of benzene rings is 1. The van der Waals surface area contributed by atoms with Crippen molar-refractivity contribution in [3.05, 3.63) is 69.5 Å². The molecule has 1 nitrogen and oxygen atoms in total. The van der Waals surface area contributed by atoms with Crippen molar-refractivity contribution in [3.63, 3.8) is 0 Å². The summed E-state index contributed by atoms with van der Waals surface area (Å²) in [7, 11) is 0. The lowest BCUT2D eigenvalue weighted by atomic mass is 9.93. The van der Waals surface area contributed by atoms with Gasteiger partial charge < -0.3 is 0 Å². The van der Waals surface area contributed by atoms with Crippen LogP contribution in [0.2, 0.25) is 0 Å². The number of hydrogen-bond acceptors (Lipinski definition) is 2. The monoisotopic (exact) mass is 495 g/mol. The summed E-state index contributed by atoms with van der Waals surface area (Å²) in [6.07, 6.45) is 1.58. The third-order valence-electron chi connectivity index (χ3n) is 7.65. The second-order valence-corrected chi connectivity index (χ2v) is 11.0. The minimum Gasteiger partial charge on any atom is -0.299 e. The van der Waals surface area contributed by atoms with E-state index >= 15 is 4.39 Å². The molecule has 0 N–H and O–H groups in total.